The first-order valence-electron chi connectivity index (χ1n) is 7.47. The van der Waals surface area contributed by atoms with Crippen LogP contribution in [0.1, 0.15) is 19.4 Å². The molecule has 1 N–H and O–H groups in total. The lowest BCUT2D eigenvalue weighted by molar-refractivity contribution is -0.127. The number of benzene rings is 2. The van der Waals surface area contributed by atoms with E-state index in [-0.39, 0.29) is 5.91 Å². The van der Waals surface area contributed by atoms with Crippen LogP contribution in [0.4, 0.5) is 0 Å². The van der Waals surface area contributed by atoms with Crippen molar-refractivity contribution in [1.29, 1.82) is 0 Å². The van der Waals surface area contributed by atoms with E-state index in [1.807, 2.05) is 49.4 Å². The summed E-state index contributed by atoms with van der Waals surface area (Å²) in [4.78, 5) is 12.0. The molecule has 5 heteroatoms. The first-order valence-corrected chi connectivity index (χ1v) is 7.47. The van der Waals surface area contributed by atoms with Crippen LogP contribution < -0.4 is 14.9 Å². The number of nitrogens with zero attached hydrogens (tertiary/aromatic N) is 1. The van der Waals surface area contributed by atoms with Gasteiger partial charge in [0.1, 0.15) is 11.5 Å². The Labute approximate surface area is 135 Å². The van der Waals surface area contributed by atoms with Gasteiger partial charge in [-0.15, -0.1) is 0 Å². The predicted molar refractivity (Wildman–Crippen MR) is 89.9 cm³/mol. The van der Waals surface area contributed by atoms with Crippen LogP contribution in [0.5, 0.6) is 11.5 Å². The molecule has 0 aliphatic carbocycles. The Balaban J connectivity index is 1.91. The van der Waals surface area contributed by atoms with Gasteiger partial charge in [-0.05, 0) is 38.1 Å². The van der Waals surface area contributed by atoms with Crippen molar-refractivity contribution in [3.63, 3.8) is 0 Å². The van der Waals surface area contributed by atoms with Gasteiger partial charge in [-0.1, -0.05) is 30.3 Å². The van der Waals surface area contributed by atoms with Crippen molar-refractivity contribution in [3.8, 4) is 11.5 Å². The minimum atomic E-state index is -0.642. The van der Waals surface area contributed by atoms with E-state index in [1.165, 1.54) is 0 Å². The van der Waals surface area contributed by atoms with Crippen molar-refractivity contribution >= 4 is 12.1 Å². The maximum Gasteiger partial charge on any atom is 0.280 e. The first kappa shape index (κ1) is 16.5. The zero-order chi connectivity index (χ0) is 16.5. The largest absolute Gasteiger partial charge is 0.493 e. The van der Waals surface area contributed by atoms with E-state index in [4.69, 9.17) is 9.47 Å². The minimum Gasteiger partial charge on any atom is -0.493 e. The topological polar surface area (TPSA) is 59.9 Å². The highest BCUT2D eigenvalue weighted by atomic mass is 16.5. The first-order chi connectivity index (χ1) is 11.2. The SMILES string of the molecule is CCOc1ccccc1C=NNC(=O)C(C)Oc1ccccc1. The van der Waals surface area contributed by atoms with E-state index in [0.29, 0.717) is 12.4 Å². The van der Waals surface area contributed by atoms with Gasteiger partial charge in [0.05, 0.1) is 12.8 Å². The summed E-state index contributed by atoms with van der Waals surface area (Å²) >= 11 is 0. The number of ether oxygens (including phenoxy) is 2. The van der Waals surface area contributed by atoms with E-state index < -0.39 is 6.10 Å². The average Bonchev–Trinajstić information content (AvgIpc) is 2.57. The monoisotopic (exact) mass is 312 g/mol. The highest BCUT2D eigenvalue weighted by Crippen LogP contribution is 2.15. The van der Waals surface area contributed by atoms with Crippen molar-refractivity contribution in [2.75, 3.05) is 6.61 Å². The van der Waals surface area contributed by atoms with Crippen molar-refractivity contribution in [3.05, 3.63) is 60.2 Å². The number of amides is 1. The third-order valence-electron chi connectivity index (χ3n) is 3.02. The molecule has 0 heterocycles. The molecule has 0 fully saturated rings. The Morgan fingerprint density at radius 3 is 2.61 bits per heavy atom. The number of hydrogen-bond donors (Lipinski definition) is 1. The van der Waals surface area contributed by atoms with Crippen LogP contribution >= 0.6 is 0 Å². The normalized spacial score (nSPS) is 11.9. The lowest BCUT2D eigenvalue weighted by atomic mass is 10.2. The summed E-state index contributed by atoms with van der Waals surface area (Å²) < 4.78 is 11.0. The van der Waals surface area contributed by atoms with Crippen LogP contribution in [-0.2, 0) is 4.79 Å². The molecule has 1 amide bonds. The Bertz CT molecular complexity index is 656. The standard InChI is InChI=1S/C18H20N2O3/c1-3-22-17-12-8-7-9-15(17)13-19-20-18(21)14(2)23-16-10-5-4-6-11-16/h4-14H,3H2,1-2H3,(H,20,21). The summed E-state index contributed by atoms with van der Waals surface area (Å²) in [7, 11) is 0. The van der Waals surface area contributed by atoms with E-state index in [1.54, 1.807) is 25.3 Å². The lowest BCUT2D eigenvalue weighted by Crippen LogP contribution is -2.33. The van der Waals surface area contributed by atoms with Crippen LogP contribution in [-0.4, -0.2) is 24.8 Å². The molecule has 2 aromatic carbocycles. The Kier molecular flexibility index (Phi) is 6.17. The maximum atomic E-state index is 12.0. The highest BCUT2D eigenvalue weighted by Gasteiger charge is 2.13. The van der Waals surface area contributed by atoms with Crippen LogP contribution in [0.2, 0.25) is 0 Å². The lowest BCUT2D eigenvalue weighted by Gasteiger charge is -2.12. The molecule has 120 valence electrons. The zero-order valence-electron chi connectivity index (χ0n) is 13.2. The van der Waals surface area contributed by atoms with Gasteiger partial charge in [0.25, 0.3) is 5.91 Å². The summed E-state index contributed by atoms with van der Waals surface area (Å²) in [6.45, 7) is 4.16. The average molecular weight is 312 g/mol. The zero-order valence-corrected chi connectivity index (χ0v) is 13.2. The van der Waals surface area contributed by atoms with Crippen LogP contribution in [0.15, 0.2) is 59.7 Å². The van der Waals surface area contributed by atoms with Gasteiger partial charge in [-0.25, -0.2) is 5.43 Å². The molecule has 5 nitrogen and oxygen atoms in total. The number of carbonyl (C=O) groups excluding carboxylic acids is 1. The Hall–Kier alpha value is -2.82. The number of nitrogens with one attached hydrogen (secondary N) is 1. The van der Waals surface area contributed by atoms with Gasteiger partial charge < -0.3 is 9.47 Å². The molecule has 2 rings (SSSR count). The highest BCUT2D eigenvalue weighted by molar-refractivity contribution is 5.86. The molecule has 0 saturated heterocycles. The number of rotatable bonds is 7. The van der Waals surface area contributed by atoms with Gasteiger partial charge >= 0.3 is 0 Å². The number of carbonyl (C=O) groups is 1. The molecule has 0 spiro atoms. The van der Waals surface area contributed by atoms with Crippen molar-refractivity contribution in [1.82, 2.24) is 5.43 Å². The fourth-order valence-electron chi connectivity index (χ4n) is 1.89. The fraction of sp³-hybridized carbons (Fsp3) is 0.222. The molecule has 0 aliphatic rings. The summed E-state index contributed by atoms with van der Waals surface area (Å²) in [6.07, 6.45) is 0.912. The van der Waals surface area contributed by atoms with Gasteiger partial charge in [0.2, 0.25) is 0 Å². The molecule has 0 aliphatic heterocycles. The molecular formula is C18H20N2O3. The molecule has 1 atom stereocenters. The second-order valence-electron chi connectivity index (χ2n) is 4.78. The van der Waals surface area contributed by atoms with Gasteiger partial charge in [-0.2, -0.15) is 5.10 Å². The molecule has 0 saturated carbocycles. The number of hydrogen-bond acceptors (Lipinski definition) is 4. The Morgan fingerprint density at radius 1 is 1.17 bits per heavy atom. The van der Waals surface area contributed by atoms with E-state index in [0.717, 1.165) is 11.3 Å². The maximum absolute atomic E-state index is 12.0. The van der Waals surface area contributed by atoms with Crippen molar-refractivity contribution in [2.45, 2.75) is 20.0 Å². The third kappa shape index (κ3) is 5.14. The molecule has 2 aromatic rings. The minimum absolute atomic E-state index is 0.320. The fourth-order valence-corrected chi connectivity index (χ4v) is 1.89. The smallest absolute Gasteiger partial charge is 0.280 e. The second kappa shape index (κ2) is 8.58. The quantitative estimate of drug-likeness (QED) is 0.631. The summed E-state index contributed by atoms with van der Waals surface area (Å²) in [5.41, 5.74) is 3.27. The molecule has 23 heavy (non-hydrogen) atoms. The van der Waals surface area contributed by atoms with Gasteiger partial charge in [-0.3, -0.25) is 4.79 Å². The summed E-state index contributed by atoms with van der Waals surface area (Å²) in [6, 6.07) is 16.7. The number of para-hydroxylation sites is 2. The van der Waals surface area contributed by atoms with Gasteiger partial charge in [0, 0.05) is 5.56 Å². The predicted octanol–water partition coefficient (Wildman–Crippen LogP) is 3.00. The summed E-state index contributed by atoms with van der Waals surface area (Å²) in [5.74, 6) is 1.04. The molecular weight excluding hydrogens is 292 g/mol. The Morgan fingerprint density at radius 2 is 1.87 bits per heavy atom. The summed E-state index contributed by atoms with van der Waals surface area (Å²) in [5, 5.41) is 3.96. The van der Waals surface area contributed by atoms with E-state index >= 15 is 0 Å². The second-order valence-corrected chi connectivity index (χ2v) is 4.78. The van der Waals surface area contributed by atoms with Gasteiger partial charge in [0.15, 0.2) is 6.10 Å². The van der Waals surface area contributed by atoms with E-state index in [9.17, 15) is 4.79 Å². The van der Waals surface area contributed by atoms with Crippen LogP contribution in [0.25, 0.3) is 0 Å². The van der Waals surface area contributed by atoms with Crippen LogP contribution in [0.3, 0.4) is 0 Å². The van der Waals surface area contributed by atoms with E-state index in [2.05, 4.69) is 10.5 Å². The van der Waals surface area contributed by atoms with Crippen LogP contribution in [0, 0.1) is 0 Å². The molecule has 1 unspecified atom stereocenters. The van der Waals surface area contributed by atoms with Crippen molar-refractivity contribution in [2.24, 2.45) is 5.10 Å². The van der Waals surface area contributed by atoms with Crippen molar-refractivity contribution < 1.29 is 14.3 Å². The number of hydrazone groups is 1. The molecule has 0 radical (unpaired) electrons. The third-order valence-corrected chi connectivity index (χ3v) is 3.02. The molecule has 0 aromatic heterocycles. The molecule has 0 bridgehead atoms.